The van der Waals surface area contributed by atoms with Crippen LogP contribution in [0.25, 0.3) is 16.3 Å². The highest BCUT2D eigenvalue weighted by molar-refractivity contribution is 8.00. The van der Waals surface area contributed by atoms with E-state index in [9.17, 15) is 9.59 Å². The number of aryl methyl sites for hydroxylation is 3. The number of methoxy groups -OCH3 is 1. The van der Waals surface area contributed by atoms with E-state index in [2.05, 4.69) is 47.6 Å². The zero-order chi connectivity index (χ0) is 34.3. The number of nitrogens with zero attached hydrogens (tertiary/aromatic N) is 2. The number of thioether (sulfide) groups is 1. The van der Waals surface area contributed by atoms with E-state index in [1.165, 1.54) is 70.4 Å². The molecule has 0 radical (unpaired) electrons. The second kappa shape index (κ2) is 12.3. The lowest BCUT2D eigenvalue weighted by molar-refractivity contribution is -0.105. The molecule has 6 nitrogen and oxygen atoms in total. The normalized spacial score (nSPS) is 17.3. The molecule has 256 valence electrons. The van der Waals surface area contributed by atoms with Gasteiger partial charge in [-0.15, -0.1) is 11.8 Å². The zero-order valence-electron chi connectivity index (χ0n) is 29.7. The predicted octanol–water partition coefficient (Wildman–Crippen LogP) is 6.67. The number of aldehydes is 1. The number of benzene rings is 4. The van der Waals surface area contributed by atoms with Crippen molar-refractivity contribution in [3.8, 4) is 11.5 Å². The number of anilines is 1. The zero-order valence-corrected chi connectivity index (χ0v) is 30.5. The minimum Gasteiger partial charge on any atom is -0.465 e. The van der Waals surface area contributed by atoms with Gasteiger partial charge in [-0.3, -0.25) is 0 Å². The van der Waals surface area contributed by atoms with Gasteiger partial charge in [0.25, 0.3) is 0 Å². The van der Waals surface area contributed by atoms with Gasteiger partial charge in [0, 0.05) is 69.4 Å². The van der Waals surface area contributed by atoms with Gasteiger partial charge in [-0.05, 0) is 117 Å². The molecule has 0 saturated heterocycles. The van der Waals surface area contributed by atoms with E-state index in [1.807, 2.05) is 6.92 Å². The molecule has 0 spiro atoms. The minimum absolute atomic E-state index is 0.334. The molecule has 0 fully saturated rings. The fraction of sp³-hybridized carbons (Fsp3) is 0.419. The van der Waals surface area contributed by atoms with Gasteiger partial charge in [-0.25, -0.2) is 9.37 Å². The fourth-order valence-corrected chi connectivity index (χ4v) is 10.8. The summed E-state index contributed by atoms with van der Waals surface area (Å²) < 4.78 is 15.5. The van der Waals surface area contributed by atoms with E-state index in [0.717, 1.165) is 126 Å². The van der Waals surface area contributed by atoms with Crippen molar-refractivity contribution in [3.63, 3.8) is 0 Å². The summed E-state index contributed by atoms with van der Waals surface area (Å²) in [6.45, 7) is 10.6. The van der Waals surface area contributed by atoms with Crippen molar-refractivity contribution in [3.05, 3.63) is 90.5 Å². The van der Waals surface area contributed by atoms with Gasteiger partial charge in [0.15, 0.2) is 0 Å². The summed E-state index contributed by atoms with van der Waals surface area (Å²) in [5.74, 6) is 1.88. The van der Waals surface area contributed by atoms with E-state index in [0.29, 0.717) is 11.3 Å². The molecule has 4 aromatic rings. The van der Waals surface area contributed by atoms with Crippen LogP contribution in [0.5, 0.6) is 11.5 Å². The third-order valence-corrected chi connectivity index (χ3v) is 13.3. The molecule has 9 rings (SSSR count). The summed E-state index contributed by atoms with van der Waals surface area (Å²) in [5.41, 5.74) is 13.6. The molecule has 50 heavy (non-hydrogen) atoms. The largest absolute Gasteiger partial charge is 0.465 e. The molecule has 7 heteroatoms. The number of ether oxygens (including phenoxy) is 2. The first kappa shape index (κ1) is 31.9. The van der Waals surface area contributed by atoms with E-state index in [-0.39, 0.29) is 5.97 Å². The molecule has 0 bridgehead atoms. The maximum absolute atomic E-state index is 14.0. The molecule has 0 aliphatic carbocycles. The monoisotopic (exact) mass is 685 g/mol. The van der Waals surface area contributed by atoms with Crippen molar-refractivity contribution in [2.75, 3.05) is 43.9 Å². The van der Waals surface area contributed by atoms with Gasteiger partial charge in [0.2, 0.25) is 5.36 Å². The molecule has 0 saturated carbocycles. The van der Waals surface area contributed by atoms with Gasteiger partial charge >= 0.3 is 5.97 Å². The Bertz CT molecular complexity index is 2300. The second-order valence-corrected chi connectivity index (χ2v) is 15.8. The fourth-order valence-electron chi connectivity index (χ4n) is 9.90. The topological polar surface area (TPSA) is 58.9 Å². The molecular weight excluding hydrogens is 641 g/mol. The number of hydrogen-bond donors (Lipinski definition) is 0. The Hall–Kier alpha value is -4.10. The number of esters is 1. The highest BCUT2D eigenvalue weighted by Gasteiger charge is 2.36. The maximum Gasteiger partial charge on any atom is 0.338 e. The number of fused-ring (bicyclic) bond motifs is 6. The van der Waals surface area contributed by atoms with Crippen molar-refractivity contribution in [2.45, 2.75) is 83.5 Å². The summed E-state index contributed by atoms with van der Waals surface area (Å²) in [7, 11) is 1.48. The van der Waals surface area contributed by atoms with Crippen molar-refractivity contribution in [1.29, 1.82) is 0 Å². The summed E-state index contributed by atoms with van der Waals surface area (Å²) >= 11 is 1.55. The number of carbonyl (C=O) groups excluding carboxylic acids is 2. The average Bonchev–Trinajstić information content (AvgIpc) is 3.35. The van der Waals surface area contributed by atoms with Crippen molar-refractivity contribution in [1.82, 2.24) is 4.58 Å². The molecule has 0 N–H and O–H groups in total. The second-order valence-electron chi connectivity index (χ2n) is 14.8. The van der Waals surface area contributed by atoms with Crippen LogP contribution in [0.15, 0.2) is 29.2 Å². The molecule has 5 aliphatic rings. The van der Waals surface area contributed by atoms with E-state index >= 15 is 0 Å². The average molecular weight is 686 g/mol. The molecule has 4 aromatic carbocycles. The first-order chi connectivity index (χ1) is 24.4. The lowest BCUT2D eigenvalue weighted by atomic mass is 9.80. The summed E-state index contributed by atoms with van der Waals surface area (Å²) in [6.07, 6.45) is 10.9. The van der Waals surface area contributed by atoms with E-state index in [1.54, 1.807) is 11.8 Å². The van der Waals surface area contributed by atoms with Crippen LogP contribution >= 0.6 is 11.8 Å². The van der Waals surface area contributed by atoms with Crippen molar-refractivity contribution < 1.29 is 19.1 Å². The maximum atomic E-state index is 14.0. The van der Waals surface area contributed by atoms with Crippen LogP contribution in [0.4, 0.5) is 5.69 Å². The van der Waals surface area contributed by atoms with Gasteiger partial charge in [-0.1, -0.05) is 6.07 Å². The molecular formula is C43H45N2O4S+. The van der Waals surface area contributed by atoms with Crippen LogP contribution in [0.3, 0.4) is 0 Å². The van der Waals surface area contributed by atoms with Crippen LogP contribution in [0.1, 0.15) is 92.5 Å². The molecule has 5 heterocycles. The number of carbonyl (C=O) groups is 2. The van der Waals surface area contributed by atoms with Gasteiger partial charge in [0.05, 0.1) is 24.0 Å². The van der Waals surface area contributed by atoms with Crippen LogP contribution in [-0.2, 0) is 35.2 Å². The molecule has 0 amide bonds. The van der Waals surface area contributed by atoms with Crippen LogP contribution in [-0.4, -0.2) is 51.3 Å². The van der Waals surface area contributed by atoms with Crippen LogP contribution in [0.2, 0.25) is 0 Å². The smallest absolute Gasteiger partial charge is 0.338 e. The first-order valence-electron chi connectivity index (χ1n) is 18.6. The van der Waals surface area contributed by atoms with Gasteiger partial charge in [-0.2, -0.15) is 0 Å². The molecule has 0 unspecified atom stereocenters. The first-order valence-corrected chi connectivity index (χ1v) is 19.5. The van der Waals surface area contributed by atoms with Crippen molar-refractivity contribution in [2.24, 2.45) is 0 Å². The summed E-state index contributed by atoms with van der Waals surface area (Å²) in [4.78, 5) is 29.3. The quantitative estimate of drug-likeness (QED) is 0.0893. The number of rotatable bonds is 5. The SMILES string of the molecule is COC(=O)c1c(C)c(C)c(SCC=O)c(C)c1C1=c2cc3c4c(c2Oc2c1ccc1c5c6c(cc21)CCCN6CCC5)CCC[N+]=4CCCC3. The lowest BCUT2D eigenvalue weighted by Crippen LogP contribution is -2.41. The predicted molar refractivity (Wildman–Crippen MR) is 201 cm³/mol. The highest BCUT2D eigenvalue weighted by atomic mass is 32.2. The molecule has 0 atom stereocenters. The van der Waals surface area contributed by atoms with Gasteiger partial charge < -0.3 is 19.2 Å². The molecule has 5 aliphatic heterocycles. The van der Waals surface area contributed by atoms with Gasteiger partial charge in [0.1, 0.15) is 30.9 Å². The number of hydrogen-bond acceptors (Lipinski definition) is 6. The Balaban J connectivity index is 1.46. The van der Waals surface area contributed by atoms with Crippen LogP contribution in [0, 0.1) is 20.8 Å². The lowest BCUT2D eigenvalue weighted by Gasteiger charge is -2.38. The Morgan fingerprint density at radius 2 is 1.66 bits per heavy atom. The Labute approximate surface area is 298 Å². The van der Waals surface area contributed by atoms with Crippen LogP contribution < -0.4 is 24.8 Å². The Kier molecular flexibility index (Phi) is 7.83. The van der Waals surface area contributed by atoms with E-state index in [4.69, 9.17) is 9.47 Å². The third-order valence-electron chi connectivity index (χ3n) is 12.1. The highest BCUT2D eigenvalue weighted by Crippen LogP contribution is 2.49. The standard InChI is InChI=1S/C43H45N2O4S/c1-24-25(2)42(50-21-20-46)26(3)35(36(24)43(47)48-4)37-31-15-14-29-30-12-8-18-45-17-7-11-28(38(30)45)22-33(29)40(31)49-41-32-13-9-19-44-16-6-5-10-27(39(32)44)23-34(37)41/h14-15,20,22-23H,5-13,16-19,21H2,1-4H3/q+1. The Morgan fingerprint density at radius 1 is 0.880 bits per heavy atom. The summed E-state index contributed by atoms with van der Waals surface area (Å²) in [5, 5.41) is 4.91. The minimum atomic E-state index is -0.334. The van der Waals surface area contributed by atoms with E-state index < -0.39 is 0 Å². The van der Waals surface area contributed by atoms with Crippen molar-refractivity contribution >= 4 is 46.1 Å². The Morgan fingerprint density at radius 3 is 2.48 bits per heavy atom. The summed E-state index contributed by atoms with van der Waals surface area (Å²) in [6, 6.07) is 9.40. The third kappa shape index (κ3) is 4.64. The molecule has 0 aromatic heterocycles.